The molecule has 1 aromatic carbocycles. The lowest BCUT2D eigenvalue weighted by molar-refractivity contribution is 0.243. The Morgan fingerprint density at radius 2 is 1.82 bits per heavy atom. The third-order valence-corrected chi connectivity index (χ3v) is 2.45. The van der Waals surface area contributed by atoms with E-state index in [4.69, 9.17) is 16.3 Å². The lowest BCUT2D eigenvalue weighted by Crippen LogP contribution is -2.06. The summed E-state index contributed by atoms with van der Waals surface area (Å²) in [5, 5.41) is 0.488. The normalized spacial score (nSPS) is 10.6. The Labute approximate surface area is 106 Å². The summed E-state index contributed by atoms with van der Waals surface area (Å²) in [4.78, 5) is 4.30. The molecule has 88 valence electrons. The predicted octanol–water partition coefficient (Wildman–Crippen LogP) is 4.19. The average molecular weight is 248 g/mol. The van der Waals surface area contributed by atoms with Crippen molar-refractivity contribution in [3.8, 4) is 17.0 Å². The largest absolute Gasteiger partial charge is 0.490 e. The molecule has 2 rings (SSSR count). The van der Waals surface area contributed by atoms with Gasteiger partial charge in [-0.25, -0.2) is 4.98 Å². The van der Waals surface area contributed by atoms with Gasteiger partial charge in [0.25, 0.3) is 0 Å². The summed E-state index contributed by atoms with van der Waals surface area (Å²) in [6.07, 6.45) is 0.135. The minimum atomic E-state index is 0.135. The number of hydrogen-bond acceptors (Lipinski definition) is 2. The van der Waals surface area contributed by atoms with Gasteiger partial charge in [0.2, 0.25) is 0 Å². The lowest BCUT2D eigenvalue weighted by Gasteiger charge is -2.13. The Morgan fingerprint density at radius 1 is 1.06 bits per heavy atom. The van der Waals surface area contributed by atoms with Gasteiger partial charge in [0.15, 0.2) is 0 Å². The molecule has 0 unspecified atom stereocenters. The van der Waals surface area contributed by atoms with Crippen LogP contribution >= 0.6 is 11.6 Å². The molecule has 0 bridgehead atoms. The van der Waals surface area contributed by atoms with Crippen molar-refractivity contribution >= 4 is 11.6 Å². The average Bonchev–Trinajstić information content (AvgIpc) is 2.29. The van der Waals surface area contributed by atoms with Gasteiger partial charge in [-0.05, 0) is 38.1 Å². The molecule has 0 aliphatic rings. The number of pyridine rings is 1. The Hall–Kier alpha value is -1.54. The number of benzene rings is 1. The lowest BCUT2D eigenvalue weighted by atomic mass is 10.1. The third kappa shape index (κ3) is 2.98. The molecule has 1 heterocycles. The van der Waals surface area contributed by atoms with Crippen LogP contribution in [-0.4, -0.2) is 11.1 Å². The summed E-state index contributed by atoms with van der Waals surface area (Å²) in [5.74, 6) is 0.831. The Balaban J connectivity index is 2.44. The molecular weight excluding hydrogens is 234 g/mol. The van der Waals surface area contributed by atoms with Crippen molar-refractivity contribution in [1.82, 2.24) is 4.98 Å². The van der Waals surface area contributed by atoms with E-state index in [9.17, 15) is 0 Å². The predicted molar refractivity (Wildman–Crippen MR) is 70.4 cm³/mol. The Kier molecular flexibility index (Phi) is 3.64. The minimum absolute atomic E-state index is 0.135. The highest BCUT2D eigenvalue weighted by molar-refractivity contribution is 6.29. The second-order valence-corrected chi connectivity index (χ2v) is 4.40. The number of rotatable bonds is 3. The van der Waals surface area contributed by atoms with Crippen LogP contribution in [0.4, 0.5) is 0 Å². The molecule has 2 aromatic rings. The van der Waals surface area contributed by atoms with E-state index >= 15 is 0 Å². The molecule has 17 heavy (non-hydrogen) atoms. The molecule has 1 aromatic heterocycles. The topological polar surface area (TPSA) is 22.1 Å². The quantitative estimate of drug-likeness (QED) is 0.759. The van der Waals surface area contributed by atoms with E-state index < -0.39 is 0 Å². The van der Waals surface area contributed by atoms with Gasteiger partial charge in [-0.1, -0.05) is 29.8 Å². The van der Waals surface area contributed by atoms with Crippen LogP contribution in [0.1, 0.15) is 13.8 Å². The van der Waals surface area contributed by atoms with Gasteiger partial charge in [0.1, 0.15) is 10.9 Å². The first-order valence-corrected chi connectivity index (χ1v) is 5.93. The van der Waals surface area contributed by atoms with Gasteiger partial charge in [-0.2, -0.15) is 0 Å². The molecule has 0 saturated heterocycles. The third-order valence-electron chi connectivity index (χ3n) is 2.24. The summed E-state index contributed by atoms with van der Waals surface area (Å²) in [6, 6.07) is 13.4. The maximum Gasteiger partial charge on any atom is 0.129 e. The van der Waals surface area contributed by atoms with Crippen molar-refractivity contribution in [2.75, 3.05) is 0 Å². The summed E-state index contributed by atoms with van der Waals surface area (Å²) in [7, 11) is 0. The molecule has 0 amide bonds. The molecule has 3 heteroatoms. The van der Waals surface area contributed by atoms with E-state index in [-0.39, 0.29) is 6.10 Å². The summed E-state index contributed by atoms with van der Waals surface area (Å²) in [6.45, 7) is 4.00. The molecule has 0 spiro atoms. The summed E-state index contributed by atoms with van der Waals surface area (Å²) < 4.78 is 5.76. The van der Waals surface area contributed by atoms with Crippen molar-refractivity contribution in [2.24, 2.45) is 0 Å². The highest BCUT2D eigenvalue weighted by atomic mass is 35.5. The molecule has 0 aliphatic heterocycles. The fraction of sp³-hybridized carbons (Fsp3) is 0.214. The van der Waals surface area contributed by atoms with Crippen molar-refractivity contribution in [2.45, 2.75) is 20.0 Å². The monoisotopic (exact) mass is 247 g/mol. The first-order valence-electron chi connectivity index (χ1n) is 5.55. The second-order valence-electron chi connectivity index (χ2n) is 4.01. The standard InChI is InChI=1S/C14H14ClNO/c1-10(2)17-13-8-4-3-6-11(13)12-7-5-9-14(15)16-12/h3-10H,1-2H3. The molecule has 0 atom stereocenters. The van der Waals surface area contributed by atoms with E-state index in [1.54, 1.807) is 6.07 Å². The van der Waals surface area contributed by atoms with Crippen LogP contribution in [0.3, 0.4) is 0 Å². The minimum Gasteiger partial charge on any atom is -0.490 e. The van der Waals surface area contributed by atoms with Crippen LogP contribution in [0.2, 0.25) is 5.15 Å². The summed E-state index contributed by atoms with van der Waals surface area (Å²) in [5.41, 5.74) is 1.79. The van der Waals surface area contributed by atoms with Crippen LogP contribution in [0.5, 0.6) is 5.75 Å². The number of para-hydroxylation sites is 1. The molecule has 0 saturated carbocycles. The zero-order valence-electron chi connectivity index (χ0n) is 9.85. The highest BCUT2D eigenvalue weighted by Gasteiger charge is 2.08. The summed E-state index contributed by atoms with van der Waals surface area (Å²) >= 11 is 5.90. The van der Waals surface area contributed by atoms with Crippen LogP contribution in [-0.2, 0) is 0 Å². The Morgan fingerprint density at radius 3 is 2.53 bits per heavy atom. The van der Waals surface area contributed by atoms with Gasteiger partial charge in [-0.15, -0.1) is 0 Å². The van der Waals surface area contributed by atoms with Gasteiger partial charge in [-0.3, -0.25) is 0 Å². The maximum atomic E-state index is 5.90. The fourth-order valence-corrected chi connectivity index (χ4v) is 1.76. The zero-order chi connectivity index (χ0) is 12.3. The fourth-order valence-electron chi connectivity index (χ4n) is 1.59. The van der Waals surface area contributed by atoms with Crippen molar-refractivity contribution < 1.29 is 4.74 Å². The first kappa shape index (κ1) is 11.9. The van der Waals surface area contributed by atoms with Gasteiger partial charge >= 0.3 is 0 Å². The second kappa shape index (κ2) is 5.19. The van der Waals surface area contributed by atoms with Gasteiger partial charge in [0.05, 0.1) is 11.8 Å². The Bertz CT molecular complexity index is 511. The SMILES string of the molecule is CC(C)Oc1ccccc1-c1cccc(Cl)n1. The van der Waals surface area contributed by atoms with E-state index in [1.165, 1.54) is 0 Å². The van der Waals surface area contributed by atoms with E-state index in [1.807, 2.05) is 50.2 Å². The molecule has 0 N–H and O–H groups in total. The van der Waals surface area contributed by atoms with Crippen molar-refractivity contribution in [3.05, 3.63) is 47.6 Å². The van der Waals surface area contributed by atoms with Crippen LogP contribution in [0.25, 0.3) is 11.3 Å². The van der Waals surface area contributed by atoms with E-state index in [0.29, 0.717) is 5.15 Å². The molecule has 0 radical (unpaired) electrons. The number of halogens is 1. The highest BCUT2D eigenvalue weighted by Crippen LogP contribution is 2.29. The smallest absolute Gasteiger partial charge is 0.129 e. The van der Waals surface area contributed by atoms with Crippen molar-refractivity contribution in [1.29, 1.82) is 0 Å². The van der Waals surface area contributed by atoms with E-state index in [0.717, 1.165) is 17.0 Å². The zero-order valence-corrected chi connectivity index (χ0v) is 10.6. The number of nitrogens with zero attached hydrogens (tertiary/aromatic N) is 1. The number of hydrogen-bond donors (Lipinski definition) is 0. The van der Waals surface area contributed by atoms with Crippen molar-refractivity contribution in [3.63, 3.8) is 0 Å². The van der Waals surface area contributed by atoms with Gasteiger partial charge < -0.3 is 4.74 Å². The molecular formula is C14H14ClNO. The molecule has 2 nitrogen and oxygen atoms in total. The molecule has 0 fully saturated rings. The van der Waals surface area contributed by atoms with Crippen LogP contribution in [0, 0.1) is 0 Å². The maximum absolute atomic E-state index is 5.90. The first-order chi connectivity index (χ1) is 8.16. The van der Waals surface area contributed by atoms with Gasteiger partial charge in [0, 0.05) is 5.56 Å². The van der Waals surface area contributed by atoms with E-state index in [2.05, 4.69) is 4.98 Å². The van der Waals surface area contributed by atoms with Crippen LogP contribution < -0.4 is 4.74 Å². The number of aromatic nitrogens is 1. The number of ether oxygens (including phenoxy) is 1. The molecule has 0 aliphatic carbocycles. The van der Waals surface area contributed by atoms with Crippen LogP contribution in [0.15, 0.2) is 42.5 Å².